The minimum absolute atomic E-state index is 0.586. The average Bonchev–Trinajstić information content (AvgIpc) is 3.22. The second-order valence-electron chi connectivity index (χ2n) is 8.90. The number of aromatic nitrogens is 2. The number of alkyl halides is 3. The fraction of sp³-hybridized carbons (Fsp3) is 0.259. The molecule has 0 N–H and O–H groups in total. The van der Waals surface area contributed by atoms with Gasteiger partial charge >= 0.3 is 6.18 Å². The van der Waals surface area contributed by atoms with Gasteiger partial charge in [0.25, 0.3) is 0 Å². The maximum absolute atomic E-state index is 13.0. The van der Waals surface area contributed by atoms with Crippen LogP contribution in [0, 0.1) is 11.3 Å². The maximum Gasteiger partial charge on any atom is 0.416 e. The van der Waals surface area contributed by atoms with Gasteiger partial charge in [-0.1, -0.05) is 24.3 Å². The fourth-order valence-corrected chi connectivity index (χ4v) is 4.42. The van der Waals surface area contributed by atoms with Crippen LogP contribution in [0.15, 0.2) is 66.9 Å². The first-order chi connectivity index (χ1) is 16.8. The van der Waals surface area contributed by atoms with Crippen molar-refractivity contribution in [2.45, 2.75) is 12.7 Å². The molecule has 1 aliphatic rings. The van der Waals surface area contributed by atoms with Crippen molar-refractivity contribution in [3.05, 3.63) is 83.7 Å². The maximum atomic E-state index is 13.0. The first-order valence-corrected chi connectivity index (χ1v) is 11.4. The molecule has 0 saturated carbocycles. The van der Waals surface area contributed by atoms with Crippen molar-refractivity contribution < 1.29 is 13.2 Å². The fourth-order valence-electron chi connectivity index (χ4n) is 4.42. The van der Waals surface area contributed by atoms with Gasteiger partial charge in [-0.05, 0) is 54.6 Å². The van der Waals surface area contributed by atoms with Gasteiger partial charge in [0.05, 0.1) is 28.6 Å². The molecule has 0 bridgehead atoms. The number of hydrogen-bond donors (Lipinski definition) is 0. The molecular weight excluding hydrogens is 451 g/mol. The topological polar surface area (TPSA) is 47.6 Å². The summed E-state index contributed by atoms with van der Waals surface area (Å²) in [4.78, 5) is 9.59. The lowest BCUT2D eigenvalue weighted by Crippen LogP contribution is -2.44. The molecule has 0 atom stereocenters. The van der Waals surface area contributed by atoms with E-state index in [0.717, 1.165) is 66.5 Å². The number of pyridine rings is 1. The normalized spacial score (nSPS) is 15.4. The molecule has 3 heterocycles. The van der Waals surface area contributed by atoms with Crippen molar-refractivity contribution in [1.82, 2.24) is 19.2 Å². The smallest absolute Gasteiger partial charge is 0.304 e. The van der Waals surface area contributed by atoms with E-state index in [-0.39, 0.29) is 0 Å². The molecule has 178 valence electrons. The summed E-state index contributed by atoms with van der Waals surface area (Å²) < 4.78 is 41.1. The quantitative estimate of drug-likeness (QED) is 0.402. The monoisotopic (exact) mass is 475 g/mol. The highest BCUT2D eigenvalue weighted by Crippen LogP contribution is 2.32. The predicted molar refractivity (Wildman–Crippen MR) is 129 cm³/mol. The van der Waals surface area contributed by atoms with Crippen molar-refractivity contribution >= 4 is 5.65 Å². The third kappa shape index (κ3) is 4.78. The minimum Gasteiger partial charge on any atom is -0.304 e. The molecule has 5 rings (SSSR count). The second kappa shape index (κ2) is 9.17. The third-order valence-corrected chi connectivity index (χ3v) is 6.52. The summed E-state index contributed by atoms with van der Waals surface area (Å²) in [7, 11) is 2.12. The van der Waals surface area contributed by atoms with Gasteiger partial charge < -0.3 is 9.30 Å². The van der Waals surface area contributed by atoms with Gasteiger partial charge in [-0.25, -0.2) is 4.98 Å². The van der Waals surface area contributed by atoms with Gasteiger partial charge in [-0.15, -0.1) is 0 Å². The molecule has 1 saturated heterocycles. The van der Waals surface area contributed by atoms with Gasteiger partial charge in [0, 0.05) is 44.5 Å². The number of benzene rings is 2. The van der Waals surface area contributed by atoms with E-state index >= 15 is 0 Å². The van der Waals surface area contributed by atoms with Gasteiger partial charge in [0.15, 0.2) is 0 Å². The largest absolute Gasteiger partial charge is 0.416 e. The molecule has 0 aliphatic carbocycles. The summed E-state index contributed by atoms with van der Waals surface area (Å²) in [5.41, 5.74) is 5.00. The molecule has 0 amide bonds. The Morgan fingerprint density at radius 2 is 1.49 bits per heavy atom. The van der Waals surface area contributed by atoms with E-state index in [4.69, 9.17) is 10.2 Å². The molecule has 0 spiro atoms. The van der Waals surface area contributed by atoms with E-state index in [9.17, 15) is 13.2 Å². The number of nitrogens with zero attached hydrogens (tertiary/aromatic N) is 5. The lowest BCUT2D eigenvalue weighted by atomic mass is 10.1. The number of likely N-dealkylation sites (N-methyl/N-ethyl adjacent to an activating group) is 1. The average molecular weight is 476 g/mol. The zero-order valence-electron chi connectivity index (χ0n) is 19.3. The number of hydrogen-bond acceptors (Lipinski definition) is 4. The molecule has 0 radical (unpaired) electrons. The highest BCUT2D eigenvalue weighted by atomic mass is 19.4. The molecule has 1 fully saturated rings. The number of nitriles is 1. The molecule has 1 aliphatic heterocycles. The molecular formula is C27H24F3N5. The van der Waals surface area contributed by atoms with Crippen LogP contribution < -0.4 is 0 Å². The predicted octanol–water partition coefficient (Wildman–Crippen LogP) is 5.31. The zero-order valence-corrected chi connectivity index (χ0v) is 19.3. The number of halogens is 3. The number of rotatable bonds is 4. The lowest BCUT2D eigenvalue weighted by molar-refractivity contribution is -0.137. The Morgan fingerprint density at radius 1 is 0.857 bits per heavy atom. The van der Waals surface area contributed by atoms with E-state index in [2.05, 4.69) is 22.9 Å². The lowest BCUT2D eigenvalue weighted by Gasteiger charge is -2.32. The van der Waals surface area contributed by atoms with Crippen LogP contribution in [0.1, 0.15) is 16.8 Å². The Bertz CT molecular complexity index is 1370. The Kier molecular flexibility index (Phi) is 6.05. The summed E-state index contributed by atoms with van der Waals surface area (Å²) in [5, 5.41) is 9.16. The van der Waals surface area contributed by atoms with Crippen molar-refractivity contribution in [2.24, 2.45) is 0 Å². The first kappa shape index (κ1) is 23.1. The Labute approximate surface area is 201 Å². The molecule has 5 nitrogen and oxygen atoms in total. The highest BCUT2D eigenvalue weighted by molar-refractivity contribution is 5.70. The first-order valence-electron chi connectivity index (χ1n) is 11.4. The Balaban J connectivity index is 1.57. The minimum atomic E-state index is -4.36. The molecule has 4 aromatic rings. The van der Waals surface area contributed by atoms with E-state index in [0.29, 0.717) is 17.7 Å². The van der Waals surface area contributed by atoms with E-state index in [1.807, 2.05) is 34.9 Å². The second-order valence-corrected chi connectivity index (χ2v) is 8.90. The van der Waals surface area contributed by atoms with Crippen LogP contribution in [0.5, 0.6) is 0 Å². The van der Waals surface area contributed by atoms with Crippen LogP contribution in [-0.2, 0) is 12.7 Å². The zero-order chi connectivity index (χ0) is 24.6. The van der Waals surface area contributed by atoms with Gasteiger partial charge in [0.2, 0.25) is 0 Å². The standard InChI is InChI=1S/C27H24F3N5/c1-33-12-14-34(15-13-33)18-24-26(21-4-2-19(16-31)3-5-21)32-25-11-8-22(17-35(24)25)20-6-9-23(10-7-20)27(28,29)30/h2-11,17H,12-15,18H2,1H3. The Hall–Kier alpha value is -3.67. The van der Waals surface area contributed by atoms with Crippen LogP contribution in [0.3, 0.4) is 0 Å². The van der Waals surface area contributed by atoms with Crippen LogP contribution in [0.25, 0.3) is 28.0 Å². The van der Waals surface area contributed by atoms with Gasteiger partial charge in [-0.3, -0.25) is 4.90 Å². The summed E-state index contributed by atoms with van der Waals surface area (Å²) in [6, 6.07) is 18.5. The SMILES string of the molecule is CN1CCN(Cc2c(-c3ccc(C#N)cc3)nc3ccc(-c4ccc(C(F)(F)F)cc4)cn23)CC1. The summed E-state index contributed by atoms with van der Waals surface area (Å²) in [6.07, 6.45) is -2.41. The Morgan fingerprint density at radius 3 is 2.11 bits per heavy atom. The highest BCUT2D eigenvalue weighted by Gasteiger charge is 2.30. The van der Waals surface area contributed by atoms with Crippen molar-refractivity contribution in [3.8, 4) is 28.5 Å². The van der Waals surface area contributed by atoms with Gasteiger partial charge in [0.1, 0.15) is 5.65 Å². The summed E-state index contributed by atoms with van der Waals surface area (Å²) in [6.45, 7) is 4.55. The van der Waals surface area contributed by atoms with E-state index in [1.165, 1.54) is 12.1 Å². The van der Waals surface area contributed by atoms with E-state index < -0.39 is 11.7 Å². The van der Waals surface area contributed by atoms with Crippen molar-refractivity contribution in [2.75, 3.05) is 33.2 Å². The van der Waals surface area contributed by atoms with Crippen molar-refractivity contribution in [3.63, 3.8) is 0 Å². The summed E-state index contributed by atoms with van der Waals surface area (Å²) >= 11 is 0. The molecule has 35 heavy (non-hydrogen) atoms. The molecule has 2 aromatic heterocycles. The van der Waals surface area contributed by atoms with Crippen LogP contribution in [-0.4, -0.2) is 52.4 Å². The van der Waals surface area contributed by atoms with Crippen molar-refractivity contribution in [1.29, 1.82) is 5.26 Å². The van der Waals surface area contributed by atoms with Crippen LogP contribution >= 0.6 is 0 Å². The number of imidazole rings is 1. The number of piperazine rings is 1. The van der Waals surface area contributed by atoms with E-state index in [1.54, 1.807) is 12.1 Å². The number of fused-ring (bicyclic) bond motifs is 1. The van der Waals surface area contributed by atoms with Crippen LogP contribution in [0.4, 0.5) is 13.2 Å². The summed E-state index contributed by atoms with van der Waals surface area (Å²) in [5.74, 6) is 0. The molecule has 0 unspecified atom stereocenters. The van der Waals surface area contributed by atoms with Crippen LogP contribution in [0.2, 0.25) is 0 Å². The molecule has 8 heteroatoms. The van der Waals surface area contributed by atoms with Gasteiger partial charge in [-0.2, -0.15) is 18.4 Å². The molecule has 2 aromatic carbocycles. The third-order valence-electron chi connectivity index (χ3n) is 6.52.